The maximum Gasteiger partial charge on any atom is 0.231 e. The van der Waals surface area contributed by atoms with Crippen LogP contribution in [-0.4, -0.2) is 34.4 Å². The third kappa shape index (κ3) is 3.45. The second-order valence-electron chi connectivity index (χ2n) is 6.00. The summed E-state index contributed by atoms with van der Waals surface area (Å²) in [6, 6.07) is 3.62. The smallest absolute Gasteiger partial charge is 0.231 e. The molecule has 11 heteroatoms. The number of nitrogens with one attached hydrogen (secondary N) is 1. The van der Waals surface area contributed by atoms with E-state index < -0.39 is 15.7 Å². The van der Waals surface area contributed by atoms with Crippen molar-refractivity contribution in [1.29, 1.82) is 0 Å². The molecule has 2 heterocycles. The third-order valence-electron chi connectivity index (χ3n) is 3.64. The molecular weight excluding hydrogens is 474 g/mol. The Hall–Kier alpha value is -2.02. The average Bonchev–Trinajstić information content (AvgIpc) is 2.86. The molecule has 1 aromatic carbocycles. The fourth-order valence-corrected chi connectivity index (χ4v) is 3.77. The standard InChI is InChI=1S/C15H16FIN6O2S/c1-7(2)23-14-11(12(17)22-23)13(18)20-15(21-14)19-10-5-4-8(6-9(10)16)26(3,24)25/h4-7H,1-3H3,(H3,18,19,20,21). The van der Waals surface area contributed by atoms with Crippen molar-refractivity contribution in [1.82, 2.24) is 19.7 Å². The van der Waals surface area contributed by atoms with Crippen LogP contribution in [0.15, 0.2) is 23.1 Å². The quantitative estimate of drug-likeness (QED) is 0.541. The first-order chi connectivity index (χ1) is 12.1. The van der Waals surface area contributed by atoms with E-state index in [0.717, 1.165) is 12.3 Å². The number of hydrogen-bond acceptors (Lipinski definition) is 7. The molecule has 0 unspecified atom stereocenters. The highest BCUT2D eigenvalue weighted by Crippen LogP contribution is 2.28. The van der Waals surface area contributed by atoms with Gasteiger partial charge in [0.15, 0.2) is 15.5 Å². The maximum absolute atomic E-state index is 14.3. The van der Waals surface area contributed by atoms with Crippen LogP contribution in [0.25, 0.3) is 11.0 Å². The summed E-state index contributed by atoms with van der Waals surface area (Å²) < 4.78 is 39.7. The third-order valence-corrected chi connectivity index (χ3v) is 5.51. The van der Waals surface area contributed by atoms with Gasteiger partial charge in [-0.3, -0.25) is 0 Å². The highest BCUT2D eigenvalue weighted by molar-refractivity contribution is 14.1. The zero-order valence-corrected chi connectivity index (χ0v) is 17.1. The Labute approximate surface area is 163 Å². The van der Waals surface area contributed by atoms with Gasteiger partial charge in [0.1, 0.15) is 15.3 Å². The van der Waals surface area contributed by atoms with E-state index in [-0.39, 0.29) is 28.4 Å². The topological polar surface area (TPSA) is 116 Å². The molecule has 3 N–H and O–H groups in total. The summed E-state index contributed by atoms with van der Waals surface area (Å²) in [6.07, 6.45) is 1.02. The number of hydrogen-bond donors (Lipinski definition) is 2. The fourth-order valence-electron chi connectivity index (χ4n) is 2.39. The summed E-state index contributed by atoms with van der Waals surface area (Å²) in [5.74, 6) is -0.414. The van der Waals surface area contributed by atoms with E-state index in [0.29, 0.717) is 14.7 Å². The second-order valence-corrected chi connectivity index (χ2v) is 9.04. The number of anilines is 3. The number of aromatic nitrogens is 4. The van der Waals surface area contributed by atoms with Gasteiger partial charge in [-0.25, -0.2) is 17.5 Å². The van der Waals surface area contributed by atoms with Gasteiger partial charge in [0, 0.05) is 12.3 Å². The molecule has 0 spiro atoms. The largest absolute Gasteiger partial charge is 0.383 e. The van der Waals surface area contributed by atoms with Gasteiger partial charge in [0.05, 0.1) is 16.0 Å². The Morgan fingerprint density at radius 1 is 1.31 bits per heavy atom. The monoisotopic (exact) mass is 490 g/mol. The normalized spacial score (nSPS) is 12.1. The van der Waals surface area contributed by atoms with E-state index in [1.807, 2.05) is 13.8 Å². The van der Waals surface area contributed by atoms with Gasteiger partial charge < -0.3 is 11.1 Å². The van der Waals surface area contributed by atoms with Gasteiger partial charge in [-0.2, -0.15) is 15.1 Å². The molecular formula is C15H16FIN6O2S. The van der Waals surface area contributed by atoms with E-state index >= 15 is 0 Å². The molecule has 0 aliphatic heterocycles. The molecule has 3 rings (SSSR count). The number of rotatable bonds is 4. The lowest BCUT2D eigenvalue weighted by molar-refractivity contribution is 0.543. The van der Waals surface area contributed by atoms with Crippen LogP contribution in [0.2, 0.25) is 0 Å². The predicted molar refractivity (Wildman–Crippen MR) is 106 cm³/mol. The van der Waals surface area contributed by atoms with Crippen LogP contribution < -0.4 is 11.1 Å². The van der Waals surface area contributed by atoms with Crippen molar-refractivity contribution in [2.24, 2.45) is 0 Å². The highest BCUT2D eigenvalue weighted by Gasteiger charge is 2.18. The fraction of sp³-hybridized carbons (Fsp3) is 0.267. The minimum absolute atomic E-state index is 0.0430. The molecule has 26 heavy (non-hydrogen) atoms. The van der Waals surface area contributed by atoms with Crippen LogP contribution in [0.4, 0.5) is 21.8 Å². The predicted octanol–water partition coefficient (Wildman–Crippen LogP) is 2.88. The molecule has 0 aliphatic carbocycles. The molecule has 0 saturated carbocycles. The molecule has 3 aromatic rings. The number of halogens is 2. The van der Waals surface area contributed by atoms with Crippen molar-refractivity contribution in [3.63, 3.8) is 0 Å². The Balaban J connectivity index is 2.06. The van der Waals surface area contributed by atoms with E-state index in [2.05, 4.69) is 43.0 Å². The van der Waals surface area contributed by atoms with Gasteiger partial charge in [0.2, 0.25) is 5.95 Å². The Morgan fingerprint density at radius 2 is 2.00 bits per heavy atom. The van der Waals surface area contributed by atoms with Crippen molar-refractivity contribution in [3.05, 3.63) is 27.7 Å². The summed E-state index contributed by atoms with van der Waals surface area (Å²) in [6.45, 7) is 3.91. The van der Waals surface area contributed by atoms with Crippen molar-refractivity contribution in [2.45, 2.75) is 24.8 Å². The van der Waals surface area contributed by atoms with Crippen LogP contribution in [-0.2, 0) is 9.84 Å². The van der Waals surface area contributed by atoms with E-state index in [1.54, 1.807) is 4.68 Å². The van der Waals surface area contributed by atoms with Crippen LogP contribution in [0.3, 0.4) is 0 Å². The first-order valence-electron chi connectivity index (χ1n) is 7.55. The summed E-state index contributed by atoms with van der Waals surface area (Å²) >= 11 is 2.06. The lowest BCUT2D eigenvalue weighted by atomic mass is 10.3. The molecule has 0 aliphatic rings. The first kappa shape index (κ1) is 18.8. The molecule has 0 radical (unpaired) electrons. The summed E-state index contributed by atoms with van der Waals surface area (Å²) in [7, 11) is -3.49. The maximum atomic E-state index is 14.3. The number of nitrogens with zero attached hydrogens (tertiary/aromatic N) is 4. The molecule has 2 aromatic heterocycles. The van der Waals surface area contributed by atoms with Crippen LogP contribution in [0.1, 0.15) is 19.9 Å². The summed E-state index contributed by atoms with van der Waals surface area (Å²) in [5, 5.41) is 7.79. The van der Waals surface area contributed by atoms with E-state index in [9.17, 15) is 12.8 Å². The summed E-state index contributed by atoms with van der Waals surface area (Å²) in [4.78, 5) is 8.44. The minimum Gasteiger partial charge on any atom is -0.383 e. The number of sulfone groups is 1. The SMILES string of the molecule is CC(C)n1nc(I)c2c(N)nc(Nc3ccc(S(C)(=O)=O)cc3F)nc21. The average molecular weight is 490 g/mol. The minimum atomic E-state index is -3.49. The number of benzene rings is 1. The van der Waals surface area contributed by atoms with Crippen molar-refractivity contribution in [2.75, 3.05) is 17.3 Å². The lowest BCUT2D eigenvalue weighted by Crippen LogP contribution is -2.07. The molecule has 138 valence electrons. The first-order valence-corrected chi connectivity index (χ1v) is 10.5. The number of nitrogen functional groups attached to an aromatic ring is 1. The molecule has 0 bridgehead atoms. The zero-order valence-electron chi connectivity index (χ0n) is 14.2. The Morgan fingerprint density at radius 3 is 2.58 bits per heavy atom. The summed E-state index contributed by atoms with van der Waals surface area (Å²) in [5.41, 5.74) is 6.60. The van der Waals surface area contributed by atoms with Crippen molar-refractivity contribution < 1.29 is 12.8 Å². The van der Waals surface area contributed by atoms with Gasteiger partial charge in [0.25, 0.3) is 0 Å². The lowest BCUT2D eigenvalue weighted by Gasteiger charge is -2.10. The van der Waals surface area contributed by atoms with E-state index in [1.165, 1.54) is 12.1 Å². The van der Waals surface area contributed by atoms with Gasteiger partial charge >= 0.3 is 0 Å². The second kappa shape index (κ2) is 6.61. The van der Waals surface area contributed by atoms with Crippen molar-refractivity contribution in [3.8, 4) is 0 Å². The Kier molecular flexibility index (Phi) is 4.77. The van der Waals surface area contributed by atoms with Crippen LogP contribution in [0, 0.1) is 9.52 Å². The highest BCUT2D eigenvalue weighted by atomic mass is 127. The van der Waals surface area contributed by atoms with Gasteiger partial charge in [-0.1, -0.05) is 0 Å². The van der Waals surface area contributed by atoms with E-state index in [4.69, 9.17) is 5.73 Å². The van der Waals surface area contributed by atoms with Crippen molar-refractivity contribution >= 4 is 60.9 Å². The number of fused-ring (bicyclic) bond motifs is 1. The molecule has 0 fully saturated rings. The molecule has 8 nitrogen and oxygen atoms in total. The zero-order chi connectivity index (χ0) is 19.2. The Bertz CT molecular complexity index is 1110. The van der Waals surface area contributed by atoms with Crippen LogP contribution in [0.5, 0.6) is 0 Å². The van der Waals surface area contributed by atoms with Gasteiger partial charge in [-0.05, 0) is 54.6 Å². The molecule has 0 saturated heterocycles. The number of nitrogens with two attached hydrogens (primary N) is 1. The molecule has 0 atom stereocenters. The van der Waals surface area contributed by atoms with Crippen LogP contribution >= 0.6 is 22.6 Å². The van der Waals surface area contributed by atoms with Gasteiger partial charge in [-0.15, -0.1) is 0 Å². The molecule has 0 amide bonds.